The Morgan fingerprint density at radius 3 is 1.34 bits per heavy atom. The number of hydrogen-bond donors (Lipinski definition) is 1. The average Bonchev–Trinajstić information content (AvgIpc) is 3.32. The van der Waals surface area contributed by atoms with Gasteiger partial charge in [0, 0.05) is 69.2 Å². The van der Waals surface area contributed by atoms with Gasteiger partial charge in [0.25, 0.3) is 0 Å². The predicted molar refractivity (Wildman–Crippen MR) is 166 cm³/mol. The second kappa shape index (κ2) is 16.8. The number of carbonyl (C=O) groups is 2. The number of carbonyl (C=O) groups excluding carboxylic acids is 2. The number of rotatable bonds is 1. The molecule has 0 aromatic rings. The minimum atomic E-state index is -0.226. The Bertz CT molecular complexity index is 655. The molecule has 3 fully saturated rings. The summed E-state index contributed by atoms with van der Waals surface area (Å²) in [5.74, 6) is 0.546. The van der Waals surface area contributed by atoms with Crippen molar-refractivity contribution >= 4 is 11.8 Å². The fourth-order valence-corrected chi connectivity index (χ4v) is 4.50. The first-order valence-corrected chi connectivity index (χ1v) is 14.2. The van der Waals surface area contributed by atoms with E-state index < -0.39 is 0 Å². The molecule has 7 heteroatoms. The molecule has 0 saturated carbocycles. The number of likely N-dealkylation sites (N-methyl/N-ethyl adjacent to an activating group) is 1. The summed E-state index contributed by atoms with van der Waals surface area (Å²) in [4.78, 5) is 32.3. The van der Waals surface area contributed by atoms with Crippen molar-refractivity contribution in [3.8, 4) is 0 Å². The lowest BCUT2D eigenvalue weighted by Gasteiger charge is -2.36. The first-order chi connectivity index (χ1) is 16.4. The van der Waals surface area contributed by atoms with Crippen LogP contribution in [0.15, 0.2) is 0 Å². The zero-order valence-electron chi connectivity index (χ0n) is 25.7. The van der Waals surface area contributed by atoms with Gasteiger partial charge in [-0.25, -0.2) is 0 Å². The Morgan fingerprint density at radius 1 is 0.632 bits per heavy atom. The maximum Gasteiger partial charge on any atom is 0.228 e. The minimum Gasteiger partial charge on any atom is -0.340 e. The molecule has 3 rings (SSSR count). The van der Waals surface area contributed by atoms with E-state index in [4.69, 9.17) is 0 Å². The van der Waals surface area contributed by atoms with Gasteiger partial charge in [0.1, 0.15) is 0 Å². The standard InChI is InChI=1S/C10H20N2O.C10H21N.C9H18N2O.2CH4/c1-10(2,3)9(13)12-7-5-11(4)6-8-12;1-9(10(2,3)4)11-7-5-6-8-11;1-9(2,3)8(12)11-6-4-10-5-7-11;;/h5-8H2,1-4H3;9H,5-8H2,1-4H3;10H,4-7H2,1-3H3;2*1H4. The monoisotopic (exact) mass is 542 g/mol. The van der Waals surface area contributed by atoms with Crippen molar-refractivity contribution in [3.05, 3.63) is 0 Å². The fourth-order valence-electron chi connectivity index (χ4n) is 4.50. The smallest absolute Gasteiger partial charge is 0.228 e. The Morgan fingerprint density at radius 2 is 1.00 bits per heavy atom. The van der Waals surface area contributed by atoms with Gasteiger partial charge in [0.15, 0.2) is 0 Å². The molecule has 2 amide bonds. The molecule has 1 N–H and O–H groups in total. The summed E-state index contributed by atoms with van der Waals surface area (Å²) in [6.45, 7) is 31.2. The van der Waals surface area contributed by atoms with Crippen LogP contribution in [0.5, 0.6) is 0 Å². The zero-order valence-corrected chi connectivity index (χ0v) is 25.7. The van der Waals surface area contributed by atoms with Crippen LogP contribution in [0, 0.1) is 16.2 Å². The highest BCUT2D eigenvalue weighted by atomic mass is 16.2. The highest BCUT2D eigenvalue weighted by Crippen LogP contribution is 2.26. The molecule has 0 aliphatic carbocycles. The molecule has 0 aromatic heterocycles. The van der Waals surface area contributed by atoms with Crippen LogP contribution in [-0.4, -0.2) is 110 Å². The molecule has 0 bridgehead atoms. The summed E-state index contributed by atoms with van der Waals surface area (Å²) in [5, 5.41) is 3.23. The molecule has 1 unspecified atom stereocenters. The van der Waals surface area contributed by atoms with Gasteiger partial charge in [0.2, 0.25) is 11.8 Å². The van der Waals surface area contributed by atoms with E-state index in [2.05, 4.69) is 49.9 Å². The molecule has 7 nitrogen and oxygen atoms in total. The van der Waals surface area contributed by atoms with Crippen LogP contribution in [0.3, 0.4) is 0 Å². The number of likely N-dealkylation sites (tertiary alicyclic amines) is 1. The van der Waals surface area contributed by atoms with Crippen LogP contribution in [0.4, 0.5) is 0 Å². The number of piperazine rings is 2. The molecule has 3 aliphatic heterocycles. The van der Waals surface area contributed by atoms with E-state index in [-0.39, 0.29) is 37.5 Å². The van der Waals surface area contributed by atoms with E-state index in [0.717, 1.165) is 58.4 Å². The first-order valence-electron chi connectivity index (χ1n) is 14.2. The number of amides is 2. The Labute approximate surface area is 238 Å². The van der Waals surface area contributed by atoms with Crippen molar-refractivity contribution in [3.63, 3.8) is 0 Å². The van der Waals surface area contributed by atoms with Gasteiger partial charge in [-0.05, 0) is 45.3 Å². The van der Waals surface area contributed by atoms with E-state index in [1.54, 1.807) is 0 Å². The minimum absolute atomic E-state index is 0. The molecule has 38 heavy (non-hydrogen) atoms. The van der Waals surface area contributed by atoms with E-state index in [1.807, 2.05) is 51.3 Å². The second-order valence-corrected chi connectivity index (χ2v) is 13.9. The Hall–Kier alpha value is -1.18. The molecular weight excluding hydrogens is 474 g/mol. The Balaban J connectivity index is 0. The largest absolute Gasteiger partial charge is 0.340 e. The lowest BCUT2D eigenvalue weighted by molar-refractivity contribution is -0.141. The fraction of sp³-hybridized carbons (Fsp3) is 0.935. The summed E-state index contributed by atoms with van der Waals surface area (Å²) < 4.78 is 0. The average molecular weight is 542 g/mol. The van der Waals surface area contributed by atoms with Crippen LogP contribution < -0.4 is 5.32 Å². The predicted octanol–water partition coefficient (Wildman–Crippen LogP) is 5.06. The highest BCUT2D eigenvalue weighted by molar-refractivity contribution is 5.82. The third-order valence-electron chi connectivity index (χ3n) is 7.42. The lowest BCUT2D eigenvalue weighted by Crippen LogP contribution is -2.50. The van der Waals surface area contributed by atoms with Crippen molar-refractivity contribution in [1.82, 2.24) is 24.9 Å². The lowest BCUT2D eigenvalue weighted by atomic mass is 9.87. The molecule has 0 radical (unpaired) electrons. The van der Waals surface area contributed by atoms with E-state index in [0.29, 0.717) is 5.41 Å². The maximum absolute atomic E-state index is 11.8. The number of hydrogen-bond acceptors (Lipinski definition) is 5. The molecule has 0 aromatic carbocycles. The van der Waals surface area contributed by atoms with Crippen molar-refractivity contribution in [2.24, 2.45) is 16.2 Å². The quantitative estimate of drug-likeness (QED) is 0.503. The SMILES string of the molecule is C.C.CC(C)(C)C(=O)N1CCNCC1.CC(N1CCCC1)C(C)(C)C.CN1CCN(C(=O)C(C)(C)C)CC1. The van der Waals surface area contributed by atoms with Gasteiger partial charge in [0.05, 0.1) is 0 Å². The van der Waals surface area contributed by atoms with E-state index in [9.17, 15) is 9.59 Å². The van der Waals surface area contributed by atoms with Gasteiger partial charge < -0.3 is 24.9 Å². The van der Waals surface area contributed by atoms with Gasteiger partial charge in [-0.2, -0.15) is 0 Å². The zero-order chi connectivity index (χ0) is 27.7. The van der Waals surface area contributed by atoms with Crippen LogP contribution in [0.2, 0.25) is 0 Å². The van der Waals surface area contributed by atoms with Crippen molar-refractivity contribution in [1.29, 1.82) is 0 Å². The third-order valence-corrected chi connectivity index (χ3v) is 7.42. The normalized spacial score (nSPS) is 20.1. The van der Waals surface area contributed by atoms with Crippen molar-refractivity contribution < 1.29 is 9.59 Å². The molecule has 3 heterocycles. The molecule has 3 saturated heterocycles. The van der Waals surface area contributed by atoms with E-state index in [1.165, 1.54) is 25.9 Å². The summed E-state index contributed by atoms with van der Waals surface area (Å²) >= 11 is 0. The molecule has 3 aliphatic rings. The van der Waals surface area contributed by atoms with Gasteiger partial charge in [-0.1, -0.05) is 77.2 Å². The maximum atomic E-state index is 11.8. The summed E-state index contributed by atoms with van der Waals surface area (Å²) in [5.41, 5.74) is -0.00239. The van der Waals surface area contributed by atoms with Crippen LogP contribution in [0.25, 0.3) is 0 Å². The summed E-state index contributed by atoms with van der Waals surface area (Å²) in [6.07, 6.45) is 2.81. The van der Waals surface area contributed by atoms with Crippen LogP contribution >= 0.6 is 0 Å². The topological polar surface area (TPSA) is 59.1 Å². The number of nitrogens with one attached hydrogen (secondary N) is 1. The third kappa shape index (κ3) is 13.7. The molecule has 0 spiro atoms. The van der Waals surface area contributed by atoms with Crippen LogP contribution in [-0.2, 0) is 9.59 Å². The van der Waals surface area contributed by atoms with Crippen molar-refractivity contribution in [2.45, 2.75) is 103 Å². The van der Waals surface area contributed by atoms with Crippen molar-refractivity contribution in [2.75, 3.05) is 72.5 Å². The molecule has 228 valence electrons. The van der Waals surface area contributed by atoms with Crippen LogP contribution in [0.1, 0.15) is 96.9 Å². The van der Waals surface area contributed by atoms with E-state index >= 15 is 0 Å². The highest BCUT2D eigenvalue weighted by Gasteiger charge is 2.29. The van der Waals surface area contributed by atoms with Gasteiger partial charge >= 0.3 is 0 Å². The Kier molecular flexibility index (Phi) is 17.2. The first kappa shape index (κ1) is 39.0. The summed E-state index contributed by atoms with van der Waals surface area (Å²) in [7, 11) is 2.10. The number of nitrogens with zero attached hydrogens (tertiary/aromatic N) is 4. The van der Waals surface area contributed by atoms with Gasteiger partial charge in [-0.15, -0.1) is 0 Å². The second-order valence-electron chi connectivity index (χ2n) is 13.9. The molecule has 1 atom stereocenters. The summed E-state index contributed by atoms with van der Waals surface area (Å²) in [6, 6.07) is 0.741. The van der Waals surface area contributed by atoms with Gasteiger partial charge in [-0.3, -0.25) is 9.59 Å². The molecular formula is C31H67N5O2.